The van der Waals surface area contributed by atoms with Crippen LogP contribution in [0.3, 0.4) is 0 Å². The molecule has 0 saturated carbocycles. The van der Waals surface area contributed by atoms with Crippen LogP contribution >= 0.6 is 0 Å². The molecule has 0 N–H and O–H groups in total. The van der Waals surface area contributed by atoms with E-state index in [2.05, 4.69) is 129 Å². The minimum absolute atomic E-state index is 0.949. The Morgan fingerprint density at radius 1 is 0.529 bits per heavy atom. The summed E-state index contributed by atoms with van der Waals surface area (Å²) in [6, 6.07) is 34.4. The van der Waals surface area contributed by atoms with Crippen LogP contribution in [0.2, 0.25) is 0 Å². The van der Waals surface area contributed by atoms with Crippen LogP contribution in [0, 0.1) is 13.8 Å². The van der Waals surface area contributed by atoms with E-state index in [-0.39, 0.29) is 0 Å². The molecule has 0 atom stereocenters. The van der Waals surface area contributed by atoms with Crippen LogP contribution in [-0.4, -0.2) is 0 Å². The lowest BCUT2D eigenvalue weighted by atomic mass is 9.95. The van der Waals surface area contributed by atoms with E-state index in [1.165, 1.54) is 27.8 Å². The Morgan fingerprint density at radius 3 is 1.76 bits per heavy atom. The zero-order chi connectivity index (χ0) is 23.2. The largest absolute Gasteiger partial charge is 0.454 e. The molecule has 0 amide bonds. The van der Waals surface area contributed by atoms with E-state index in [9.17, 15) is 0 Å². The zero-order valence-corrected chi connectivity index (χ0v) is 19.7. The quantitative estimate of drug-likeness (QED) is 0.255. The van der Waals surface area contributed by atoms with Crippen LogP contribution in [0.1, 0.15) is 11.1 Å². The summed E-state index contributed by atoms with van der Waals surface area (Å²) in [5.74, 6) is 0. The maximum Gasteiger partial charge on any atom is 0.216 e. The Balaban J connectivity index is 1.59. The number of nitrogens with zero attached hydrogens (tertiary/aromatic N) is 1. The van der Waals surface area contributed by atoms with Gasteiger partial charge in [0.15, 0.2) is 6.20 Å². The van der Waals surface area contributed by atoms with E-state index < -0.39 is 0 Å². The number of benzene rings is 4. The number of aryl methyl sites for hydroxylation is 3. The molecule has 0 unspecified atom stereocenters. The Kier molecular flexibility index (Phi) is 4.81. The number of pyridine rings is 1. The summed E-state index contributed by atoms with van der Waals surface area (Å²) in [5.41, 5.74) is 11.4. The fraction of sp³-hybridized carbons (Fsp3) is 0.0938. The molecule has 6 aromatic rings. The number of hydrogen-bond donors (Lipinski definition) is 0. The van der Waals surface area contributed by atoms with Gasteiger partial charge in [0.25, 0.3) is 0 Å². The third kappa shape index (κ3) is 3.22. The van der Waals surface area contributed by atoms with Crippen molar-refractivity contribution in [3.8, 4) is 33.5 Å². The zero-order valence-electron chi connectivity index (χ0n) is 19.7. The average Bonchev–Trinajstić information content (AvgIpc) is 3.24. The summed E-state index contributed by atoms with van der Waals surface area (Å²) in [7, 11) is 2.08. The van der Waals surface area contributed by atoms with Crippen LogP contribution in [0.25, 0.3) is 55.4 Å². The van der Waals surface area contributed by atoms with Crippen molar-refractivity contribution >= 4 is 21.9 Å². The van der Waals surface area contributed by atoms with E-state index in [0.29, 0.717) is 0 Å². The molecule has 0 fully saturated rings. The molecule has 164 valence electrons. The first-order valence-electron chi connectivity index (χ1n) is 11.7. The molecule has 0 radical (unpaired) electrons. The summed E-state index contributed by atoms with van der Waals surface area (Å²) in [5, 5.41) is 2.31. The summed E-state index contributed by atoms with van der Waals surface area (Å²) in [6.07, 6.45) is 2.08. The number of rotatable bonds is 3. The Morgan fingerprint density at radius 2 is 1.09 bits per heavy atom. The van der Waals surface area contributed by atoms with Crippen molar-refractivity contribution in [3.63, 3.8) is 0 Å². The molecule has 0 bridgehead atoms. The monoisotopic (exact) mass is 440 g/mol. The van der Waals surface area contributed by atoms with E-state index in [1.807, 2.05) is 0 Å². The molecule has 6 rings (SSSR count). The van der Waals surface area contributed by atoms with Gasteiger partial charge in [-0.2, -0.15) is 0 Å². The van der Waals surface area contributed by atoms with Crippen molar-refractivity contribution in [2.24, 2.45) is 7.05 Å². The third-order valence-electron chi connectivity index (χ3n) is 6.82. The van der Waals surface area contributed by atoms with Gasteiger partial charge in [-0.25, -0.2) is 4.57 Å². The highest BCUT2D eigenvalue weighted by atomic mass is 16.3. The van der Waals surface area contributed by atoms with Crippen molar-refractivity contribution in [2.45, 2.75) is 13.8 Å². The van der Waals surface area contributed by atoms with E-state index in [0.717, 1.165) is 38.8 Å². The topological polar surface area (TPSA) is 17.0 Å². The van der Waals surface area contributed by atoms with Crippen LogP contribution < -0.4 is 4.57 Å². The van der Waals surface area contributed by atoms with Crippen LogP contribution in [-0.2, 0) is 7.05 Å². The molecule has 0 spiro atoms. The molecule has 0 aliphatic rings. The Bertz CT molecular complexity index is 1660. The highest BCUT2D eigenvalue weighted by Gasteiger charge is 2.22. The average molecular weight is 441 g/mol. The van der Waals surface area contributed by atoms with Gasteiger partial charge in [0.05, 0.1) is 5.56 Å². The van der Waals surface area contributed by atoms with Gasteiger partial charge >= 0.3 is 0 Å². The van der Waals surface area contributed by atoms with Crippen molar-refractivity contribution in [1.82, 2.24) is 0 Å². The number of furan rings is 1. The molecule has 2 nitrogen and oxygen atoms in total. The first kappa shape index (κ1) is 20.4. The minimum atomic E-state index is 0.949. The fourth-order valence-electron chi connectivity index (χ4n) is 5.02. The Labute approximate surface area is 199 Å². The summed E-state index contributed by atoms with van der Waals surface area (Å²) < 4.78 is 8.90. The highest BCUT2D eigenvalue weighted by Crippen LogP contribution is 2.42. The molecule has 2 heteroatoms. The van der Waals surface area contributed by atoms with Crippen LogP contribution in [0.5, 0.6) is 0 Å². The van der Waals surface area contributed by atoms with Crippen molar-refractivity contribution in [1.29, 1.82) is 0 Å². The van der Waals surface area contributed by atoms with Gasteiger partial charge in [0.1, 0.15) is 18.2 Å². The van der Waals surface area contributed by atoms with Gasteiger partial charge in [-0.15, -0.1) is 0 Å². The van der Waals surface area contributed by atoms with Crippen molar-refractivity contribution in [3.05, 3.63) is 114 Å². The van der Waals surface area contributed by atoms with Gasteiger partial charge in [0.2, 0.25) is 5.69 Å². The lowest BCUT2D eigenvalue weighted by molar-refractivity contribution is -0.660. The normalized spacial score (nSPS) is 11.4. The first-order valence-corrected chi connectivity index (χ1v) is 11.7. The molecular weight excluding hydrogens is 414 g/mol. The molecular formula is C32H26NO+. The van der Waals surface area contributed by atoms with Gasteiger partial charge in [-0.3, -0.25) is 0 Å². The van der Waals surface area contributed by atoms with E-state index >= 15 is 0 Å². The second kappa shape index (κ2) is 8.00. The molecule has 0 saturated heterocycles. The lowest BCUT2D eigenvalue weighted by Crippen LogP contribution is -2.30. The van der Waals surface area contributed by atoms with E-state index in [4.69, 9.17) is 4.42 Å². The van der Waals surface area contributed by atoms with Crippen molar-refractivity contribution < 1.29 is 8.98 Å². The molecule has 0 aliphatic heterocycles. The molecule has 4 aromatic carbocycles. The lowest BCUT2D eigenvalue weighted by Gasteiger charge is -2.09. The van der Waals surface area contributed by atoms with Crippen LogP contribution in [0.4, 0.5) is 0 Å². The summed E-state index contributed by atoms with van der Waals surface area (Å²) >= 11 is 0. The maximum absolute atomic E-state index is 6.74. The van der Waals surface area contributed by atoms with Crippen molar-refractivity contribution in [2.75, 3.05) is 0 Å². The van der Waals surface area contributed by atoms with Gasteiger partial charge in [-0.05, 0) is 47.7 Å². The SMILES string of the molecule is Cc1ccc2c(oc3c(-c4cccc[n+]4C)c(C)ccc32)c1-c1ccc(-c2ccccc2)cc1. The van der Waals surface area contributed by atoms with Gasteiger partial charge < -0.3 is 4.42 Å². The summed E-state index contributed by atoms with van der Waals surface area (Å²) in [6.45, 7) is 4.32. The maximum atomic E-state index is 6.74. The molecule has 2 aromatic heterocycles. The molecule has 2 heterocycles. The number of aromatic nitrogens is 1. The van der Waals surface area contributed by atoms with Crippen LogP contribution in [0.15, 0.2) is 108 Å². The minimum Gasteiger partial charge on any atom is -0.454 e. The van der Waals surface area contributed by atoms with Gasteiger partial charge in [-0.1, -0.05) is 78.9 Å². The smallest absolute Gasteiger partial charge is 0.216 e. The predicted molar refractivity (Wildman–Crippen MR) is 141 cm³/mol. The second-order valence-corrected chi connectivity index (χ2v) is 9.01. The number of hydrogen-bond acceptors (Lipinski definition) is 1. The molecule has 34 heavy (non-hydrogen) atoms. The fourth-order valence-corrected chi connectivity index (χ4v) is 5.02. The first-order chi connectivity index (χ1) is 16.6. The predicted octanol–water partition coefficient (Wildman–Crippen LogP) is 8.03. The highest BCUT2D eigenvalue weighted by molar-refractivity contribution is 6.13. The number of fused-ring (bicyclic) bond motifs is 3. The molecule has 0 aliphatic carbocycles. The van der Waals surface area contributed by atoms with E-state index in [1.54, 1.807) is 0 Å². The third-order valence-corrected chi connectivity index (χ3v) is 6.82. The second-order valence-electron chi connectivity index (χ2n) is 9.01. The summed E-state index contributed by atoms with van der Waals surface area (Å²) in [4.78, 5) is 0. The Hall–Kier alpha value is -4.17. The standard InChI is InChI=1S/C32H26NO/c1-21-12-18-26-27-19-13-22(2)30(28-11-7-8-20-33(28)3)32(27)34-31(26)29(21)25-16-14-24(15-17-25)23-9-5-4-6-10-23/h4-20H,1-3H3/q+1. The van der Waals surface area contributed by atoms with Gasteiger partial charge in [0, 0.05) is 28.5 Å².